The third-order valence-electron chi connectivity index (χ3n) is 3.78. The van der Waals surface area contributed by atoms with Crippen LogP contribution in [-0.2, 0) is 33.4 Å². The van der Waals surface area contributed by atoms with Gasteiger partial charge >= 0.3 is 17.9 Å². The van der Waals surface area contributed by atoms with E-state index in [2.05, 4.69) is 4.74 Å². The largest absolute Gasteiger partial charge is 0.469 e. The first-order valence-corrected chi connectivity index (χ1v) is 6.81. The summed E-state index contributed by atoms with van der Waals surface area (Å²) < 4.78 is 14.3. The standard InChI is InChI=1S/C14H20O7/c1-4-20-11(17)14(12(18)21-5-2)8-13(14,9-15)7-6-10(16)19-3/h9H,4-8H2,1-3H3/t13-/m0/s1. The molecule has 0 aromatic rings. The lowest BCUT2D eigenvalue weighted by molar-refractivity contribution is -0.167. The van der Waals surface area contributed by atoms with E-state index in [4.69, 9.17) is 9.47 Å². The highest BCUT2D eigenvalue weighted by Gasteiger charge is 2.78. The Kier molecular flexibility index (Phi) is 5.46. The fourth-order valence-corrected chi connectivity index (χ4v) is 2.50. The highest BCUT2D eigenvalue weighted by Crippen LogP contribution is 2.66. The van der Waals surface area contributed by atoms with Gasteiger partial charge in [0.2, 0.25) is 0 Å². The van der Waals surface area contributed by atoms with Gasteiger partial charge in [0.15, 0.2) is 5.41 Å². The quantitative estimate of drug-likeness (QED) is 0.281. The molecule has 1 fully saturated rings. The molecule has 1 aliphatic carbocycles. The molecule has 0 heterocycles. The second-order valence-electron chi connectivity index (χ2n) is 4.87. The monoisotopic (exact) mass is 300 g/mol. The van der Waals surface area contributed by atoms with Crippen molar-refractivity contribution in [3.63, 3.8) is 0 Å². The molecule has 0 aromatic carbocycles. The van der Waals surface area contributed by atoms with E-state index in [1.807, 2.05) is 0 Å². The maximum atomic E-state index is 12.1. The first kappa shape index (κ1) is 17.1. The van der Waals surface area contributed by atoms with Gasteiger partial charge in [-0.15, -0.1) is 0 Å². The average Bonchev–Trinajstić information content (AvgIpc) is 3.16. The van der Waals surface area contributed by atoms with Gasteiger partial charge < -0.3 is 19.0 Å². The maximum absolute atomic E-state index is 12.1. The summed E-state index contributed by atoms with van der Waals surface area (Å²) in [5, 5.41) is 0. The summed E-state index contributed by atoms with van der Waals surface area (Å²) in [5.74, 6) is -2.06. The molecule has 118 valence electrons. The van der Waals surface area contributed by atoms with Crippen molar-refractivity contribution < 1.29 is 33.4 Å². The number of methoxy groups -OCH3 is 1. The minimum atomic E-state index is -1.63. The minimum Gasteiger partial charge on any atom is -0.469 e. The van der Waals surface area contributed by atoms with Gasteiger partial charge in [0.25, 0.3) is 0 Å². The highest BCUT2D eigenvalue weighted by molar-refractivity contribution is 6.09. The summed E-state index contributed by atoms with van der Waals surface area (Å²) in [4.78, 5) is 47.0. The second kappa shape index (κ2) is 6.69. The number of rotatable bonds is 8. The fourth-order valence-electron chi connectivity index (χ4n) is 2.50. The van der Waals surface area contributed by atoms with E-state index in [1.54, 1.807) is 13.8 Å². The van der Waals surface area contributed by atoms with Crippen LogP contribution in [0, 0.1) is 10.8 Å². The Morgan fingerprint density at radius 2 is 1.62 bits per heavy atom. The van der Waals surface area contributed by atoms with Crippen LogP contribution in [0.15, 0.2) is 0 Å². The number of hydrogen-bond donors (Lipinski definition) is 0. The highest BCUT2D eigenvalue weighted by atomic mass is 16.6. The van der Waals surface area contributed by atoms with Crippen molar-refractivity contribution in [1.82, 2.24) is 0 Å². The lowest BCUT2D eigenvalue weighted by Crippen LogP contribution is -2.36. The number of esters is 3. The van der Waals surface area contributed by atoms with Crippen molar-refractivity contribution in [2.75, 3.05) is 20.3 Å². The number of ether oxygens (including phenoxy) is 3. The molecule has 0 radical (unpaired) electrons. The van der Waals surface area contributed by atoms with Crippen LogP contribution in [-0.4, -0.2) is 44.5 Å². The molecule has 0 aromatic heterocycles. The van der Waals surface area contributed by atoms with E-state index < -0.39 is 28.7 Å². The molecule has 1 atom stereocenters. The van der Waals surface area contributed by atoms with E-state index in [9.17, 15) is 19.2 Å². The van der Waals surface area contributed by atoms with E-state index in [0.29, 0.717) is 6.29 Å². The molecule has 0 bridgehead atoms. The summed E-state index contributed by atoms with van der Waals surface area (Å²) in [6.07, 6.45) is 0.526. The van der Waals surface area contributed by atoms with Gasteiger partial charge in [0.05, 0.1) is 25.7 Å². The lowest BCUT2D eigenvalue weighted by atomic mass is 9.89. The molecule has 0 N–H and O–H groups in total. The molecule has 0 aliphatic heterocycles. The molecule has 1 aliphatic rings. The minimum absolute atomic E-state index is 0.00182. The second-order valence-corrected chi connectivity index (χ2v) is 4.87. The van der Waals surface area contributed by atoms with Crippen LogP contribution in [0.25, 0.3) is 0 Å². The van der Waals surface area contributed by atoms with Crippen molar-refractivity contribution in [1.29, 1.82) is 0 Å². The molecular formula is C14H20O7. The number of carbonyl (C=O) groups excluding carboxylic acids is 4. The zero-order valence-corrected chi connectivity index (χ0v) is 12.5. The first-order valence-electron chi connectivity index (χ1n) is 6.81. The Hall–Kier alpha value is -1.92. The van der Waals surface area contributed by atoms with Crippen molar-refractivity contribution in [2.24, 2.45) is 10.8 Å². The van der Waals surface area contributed by atoms with Crippen molar-refractivity contribution in [2.45, 2.75) is 33.1 Å². The fraction of sp³-hybridized carbons (Fsp3) is 0.714. The first-order chi connectivity index (χ1) is 9.94. The van der Waals surface area contributed by atoms with Gasteiger partial charge in [-0.3, -0.25) is 14.4 Å². The van der Waals surface area contributed by atoms with E-state index in [-0.39, 0.29) is 32.5 Å². The van der Waals surface area contributed by atoms with Crippen molar-refractivity contribution in [3.05, 3.63) is 0 Å². The number of aldehydes is 1. The molecule has 0 unspecified atom stereocenters. The molecule has 7 heteroatoms. The third-order valence-corrected chi connectivity index (χ3v) is 3.78. The van der Waals surface area contributed by atoms with E-state index in [0.717, 1.165) is 0 Å². The van der Waals surface area contributed by atoms with Crippen LogP contribution in [0.4, 0.5) is 0 Å². The molecule has 1 saturated carbocycles. The molecule has 0 saturated heterocycles. The molecule has 0 amide bonds. The zero-order valence-electron chi connectivity index (χ0n) is 12.5. The van der Waals surface area contributed by atoms with Gasteiger partial charge in [0.1, 0.15) is 6.29 Å². The van der Waals surface area contributed by atoms with Crippen LogP contribution >= 0.6 is 0 Å². The van der Waals surface area contributed by atoms with E-state index in [1.165, 1.54) is 7.11 Å². The van der Waals surface area contributed by atoms with Crippen molar-refractivity contribution >= 4 is 24.2 Å². The topological polar surface area (TPSA) is 96.0 Å². The summed E-state index contributed by atoms with van der Waals surface area (Å²) in [6.45, 7) is 3.39. The van der Waals surface area contributed by atoms with Crippen LogP contribution in [0.2, 0.25) is 0 Å². The van der Waals surface area contributed by atoms with Gasteiger partial charge in [-0.25, -0.2) is 0 Å². The van der Waals surface area contributed by atoms with Crippen LogP contribution < -0.4 is 0 Å². The smallest absolute Gasteiger partial charge is 0.324 e. The molecule has 0 spiro atoms. The maximum Gasteiger partial charge on any atom is 0.324 e. The Bertz CT molecular complexity index is 425. The Balaban J connectivity index is 2.99. The number of carbonyl (C=O) groups is 4. The summed E-state index contributed by atoms with van der Waals surface area (Å²) in [6, 6.07) is 0. The van der Waals surface area contributed by atoms with Gasteiger partial charge in [0, 0.05) is 6.42 Å². The Labute approximate surface area is 122 Å². The van der Waals surface area contributed by atoms with Gasteiger partial charge in [-0.2, -0.15) is 0 Å². The number of hydrogen-bond acceptors (Lipinski definition) is 7. The van der Waals surface area contributed by atoms with E-state index >= 15 is 0 Å². The Morgan fingerprint density at radius 1 is 1.10 bits per heavy atom. The molecule has 1 rings (SSSR count). The summed E-state index contributed by atoms with van der Waals surface area (Å²) >= 11 is 0. The molecular weight excluding hydrogens is 280 g/mol. The van der Waals surface area contributed by atoms with Crippen molar-refractivity contribution in [3.8, 4) is 0 Å². The van der Waals surface area contributed by atoms with Gasteiger partial charge in [-0.1, -0.05) is 0 Å². The normalized spacial score (nSPS) is 22.0. The third kappa shape index (κ3) is 2.91. The van der Waals surface area contributed by atoms with Crippen LogP contribution in [0.5, 0.6) is 0 Å². The summed E-state index contributed by atoms with van der Waals surface area (Å²) in [7, 11) is 1.23. The predicted molar refractivity (Wildman–Crippen MR) is 70.1 cm³/mol. The van der Waals surface area contributed by atoms with Gasteiger partial charge in [-0.05, 0) is 26.7 Å². The molecule has 21 heavy (non-hydrogen) atoms. The summed E-state index contributed by atoms with van der Waals surface area (Å²) in [5.41, 5.74) is -2.88. The Morgan fingerprint density at radius 3 is 2.00 bits per heavy atom. The SMILES string of the molecule is CCOC(=O)C1(C(=O)OCC)C[C@]1(C=O)CCC(=O)OC. The van der Waals surface area contributed by atoms with Crippen LogP contribution in [0.1, 0.15) is 33.1 Å². The average molecular weight is 300 g/mol. The zero-order chi connectivity index (χ0) is 16.1. The predicted octanol–water partition coefficient (Wildman–Crippen LogP) is 0.641. The lowest BCUT2D eigenvalue weighted by Gasteiger charge is -2.18. The molecule has 7 nitrogen and oxygen atoms in total. The van der Waals surface area contributed by atoms with Crippen LogP contribution in [0.3, 0.4) is 0 Å².